The fourth-order valence-electron chi connectivity index (χ4n) is 1.24. The Labute approximate surface area is 74.2 Å². The third kappa shape index (κ3) is 1.11. The van der Waals surface area contributed by atoms with E-state index in [2.05, 4.69) is 15.9 Å². The minimum absolute atomic E-state index is 0.138. The predicted octanol–water partition coefficient (Wildman–Crippen LogP) is 0.358. The third-order valence-corrected chi connectivity index (χ3v) is 1.82. The molecule has 4 nitrogen and oxygen atoms in total. The summed E-state index contributed by atoms with van der Waals surface area (Å²) in [5.74, 6) is 2.49. The Kier molecular flexibility index (Phi) is 1.64. The molecule has 0 saturated heterocycles. The lowest BCUT2D eigenvalue weighted by Gasteiger charge is -1.96. The van der Waals surface area contributed by atoms with E-state index in [9.17, 15) is 4.79 Å². The van der Waals surface area contributed by atoms with Crippen LogP contribution in [-0.2, 0) is 6.54 Å². The summed E-state index contributed by atoms with van der Waals surface area (Å²) in [6.07, 6.45) is 8.29. The Balaban J connectivity index is 2.77. The molecule has 2 aromatic heterocycles. The fourth-order valence-corrected chi connectivity index (χ4v) is 1.24. The zero-order valence-corrected chi connectivity index (χ0v) is 6.82. The Morgan fingerprint density at radius 3 is 3.31 bits per heavy atom. The smallest absolute Gasteiger partial charge is 0.260 e. The van der Waals surface area contributed by atoms with Crippen LogP contribution in [0.15, 0.2) is 23.4 Å². The van der Waals surface area contributed by atoms with Gasteiger partial charge in [0.1, 0.15) is 5.65 Å². The van der Waals surface area contributed by atoms with Crippen molar-refractivity contribution in [1.82, 2.24) is 14.5 Å². The van der Waals surface area contributed by atoms with Crippen LogP contribution >= 0.6 is 0 Å². The molecule has 0 spiro atoms. The lowest BCUT2D eigenvalue weighted by Crippen LogP contribution is -2.06. The van der Waals surface area contributed by atoms with Gasteiger partial charge in [-0.25, -0.2) is 4.98 Å². The average Bonchev–Trinajstić information content (AvgIpc) is 2.51. The highest BCUT2D eigenvalue weighted by atomic mass is 16.1. The second-order valence-electron chi connectivity index (χ2n) is 2.62. The molecule has 0 saturated carbocycles. The Morgan fingerprint density at radius 1 is 1.69 bits per heavy atom. The normalized spacial score (nSPS) is 10.1. The maximum Gasteiger partial charge on any atom is 0.260 e. The van der Waals surface area contributed by atoms with Gasteiger partial charge in [-0.15, -0.1) is 6.42 Å². The van der Waals surface area contributed by atoms with Crippen LogP contribution in [-0.4, -0.2) is 14.5 Å². The molecule has 0 aromatic carbocycles. The topological polar surface area (TPSA) is 50.7 Å². The minimum Gasteiger partial charge on any atom is -0.321 e. The highest BCUT2D eigenvalue weighted by molar-refractivity contribution is 5.74. The molecule has 0 amide bonds. The first-order chi connectivity index (χ1) is 6.33. The van der Waals surface area contributed by atoms with Gasteiger partial charge in [-0.05, 0) is 6.07 Å². The van der Waals surface area contributed by atoms with Gasteiger partial charge in [-0.2, -0.15) is 0 Å². The molecule has 4 heteroatoms. The molecule has 2 aromatic rings. The molecule has 2 rings (SSSR count). The first kappa shape index (κ1) is 7.62. The van der Waals surface area contributed by atoms with Gasteiger partial charge in [0.05, 0.1) is 18.3 Å². The molecule has 2 heterocycles. The van der Waals surface area contributed by atoms with Crippen molar-refractivity contribution in [2.24, 2.45) is 0 Å². The van der Waals surface area contributed by atoms with E-state index in [1.165, 1.54) is 6.33 Å². The predicted molar refractivity (Wildman–Crippen MR) is 49.2 cm³/mol. The molecule has 0 unspecified atom stereocenters. The third-order valence-electron chi connectivity index (χ3n) is 1.82. The van der Waals surface area contributed by atoms with E-state index in [1.54, 1.807) is 16.8 Å². The zero-order valence-electron chi connectivity index (χ0n) is 6.82. The highest BCUT2D eigenvalue weighted by Gasteiger charge is 2.02. The van der Waals surface area contributed by atoms with Gasteiger partial charge in [0.2, 0.25) is 0 Å². The van der Waals surface area contributed by atoms with E-state index < -0.39 is 0 Å². The number of H-pyrrole nitrogens is 1. The standard InChI is InChI=1S/C9H7N3O/c1-2-4-12-5-3-7-8(12)10-6-11-9(7)13/h1,3,5-6H,4H2,(H,10,11,13). The highest BCUT2D eigenvalue weighted by Crippen LogP contribution is 2.06. The van der Waals surface area contributed by atoms with Gasteiger partial charge in [0, 0.05) is 6.20 Å². The van der Waals surface area contributed by atoms with Crippen molar-refractivity contribution in [3.8, 4) is 12.3 Å². The summed E-state index contributed by atoms with van der Waals surface area (Å²) in [6, 6.07) is 1.71. The second kappa shape index (κ2) is 2.79. The van der Waals surface area contributed by atoms with Crippen molar-refractivity contribution in [3.63, 3.8) is 0 Å². The summed E-state index contributed by atoms with van der Waals surface area (Å²) in [4.78, 5) is 17.8. The molecule has 64 valence electrons. The van der Waals surface area contributed by atoms with E-state index in [-0.39, 0.29) is 5.56 Å². The van der Waals surface area contributed by atoms with Crippen molar-refractivity contribution in [3.05, 3.63) is 28.9 Å². The van der Waals surface area contributed by atoms with Crippen molar-refractivity contribution in [2.75, 3.05) is 0 Å². The summed E-state index contributed by atoms with van der Waals surface area (Å²) >= 11 is 0. The van der Waals surface area contributed by atoms with E-state index in [0.717, 1.165) is 0 Å². The quantitative estimate of drug-likeness (QED) is 0.633. The monoisotopic (exact) mass is 173 g/mol. The van der Waals surface area contributed by atoms with Crippen molar-refractivity contribution >= 4 is 11.0 Å². The van der Waals surface area contributed by atoms with Gasteiger partial charge in [-0.1, -0.05) is 5.92 Å². The maximum absolute atomic E-state index is 11.2. The molecule has 0 radical (unpaired) electrons. The van der Waals surface area contributed by atoms with Crippen LogP contribution in [0.3, 0.4) is 0 Å². The van der Waals surface area contributed by atoms with Crippen LogP contribution in [0.5, 0.6) is 0 Å². The van der Waals surface area contributed by atoms with Crippen LogP contribution in [0, 0.1) is 12.3 Å². The van der Waals surface area contributed by atoms with Gasteiger partial charge >= 0.3 is 0 Å². The summed E-state index contributed by atoms with van der Waals surface area (Å²) in [7, 11) is 0. The molecular formula is C9H7N3O. The van der Waals surface area contributed by atoms with E-state index in [1.807, 2.05) is 0 Å². The molecule has 0 aliphatic carbocycles. The van der Waals surface area contributed by atoms with Crippen molar-refractivity contribution in [1.29, 1.82) is 0 Å². The largest absolute Gasteiger partial charge is 0.321 e. The SMILES string of the molecule is C#CCn1ccc2c(=O)[nH]cnc21. The Bertz CT molecular complexity index is 530. The van der Waals surface area contributed by atoms with Gasteiger partial charge < -0.3 is 9.55 Å². The van der Waals surface area contributed by atoms with E-state index in [4.69, 9.17) is 6.42 Å². The van der Waals surface area contributed by atoms with Gasteiger partial charge in [0.25, 0.3) is 5.56 Å². The van der Waals surface area contributed by atoms with Gasteiger partial charge in [-0.3, -0.25) is 4.79 Å². The van der Waals surface area contributed by atoms with Crippen LogP contribution < -0.4 is 5.56 Å². The summed E-state index contributed by atoms with van der Waals surface area (Å²) < 4.78 is 1.75. The Morgan fingerprint density at radius 2 is 2.54 bits per heavy atom. The minimum atomic E-state index is -0.138. The summed E-state index contributed by atoms with van der Waals surface area (Å²) in [5.41, 5.74) is 0.488. The number of aromatic amines is 1. The number of nitrogens with zero attached hydrogens (tertiary/aromatic N) is 2. The molecule has 13 heavy (non-hydrogen) atoms. The fraction of sp³-hybridized carbons (Fsp3) is 0.111. The number of fused-ring (bicyclic) bond motifs is 1. The second-order valence-corrected chi connectivity index (χ2v) is 2.62. The van der Waals surface area contributed by atoms with Crippen LogP contribution in [0.4, 0.5) is 0 Å². The van der Waals surface area contributed by atoms with E-state index >= 15 is 0 Å². The number of hydrogen-bond donors (Lipinski definition) is 1. The van der Waals surface area contributed by atoms with Crippen LogP contribution in [0.1, 0.15) is 0 Å². The van der Waals surface area contributed by atoms with Crippen LogP contribution in [0.2, 0.25) is 0 Å². The number of terminal acetylenes is 1. The molecular weight excluding hydrogens is 166 g/mol. The van der Waals surface area contributed by atoms with E-state index in [0.29, 0.717) is 17.6 Å². The lowest BCUT2D eigenvalue weighted by atomic mass is 10.4. The first-order valence-electron chi connectivity index (χ1n) is 3.79. The number of rotatable bonds is 1. The molecule has 0 aliphatic rings. The van der Waals surface area contributed by atoms with Crippen molar-refractivity contribution < 1.29 is 0 Å². The molecule has 0 aliphatic heterocycles. The zero-order chi connectivity index (χ0) is 9.26. The average molecular weight is 173 g/mol. The first-order valence-corrected chi connectivity index (χ1v) is 3.79. The number of nitrogens with one attached hydrogen (secondary N) is 1. The summed E-state index contributed by atoms with van der Waals surface area (Å²) in [5, 5.41) is 0.567. The Hall–Kier alpha value is -2.02. The van der Waals surface area contributed by atoms with Gasteiger partial charge in [0.15, 0.2) is 0 Å². The molecule has 1 N–H and O–H groups in total. The number of aromatic nitrogens is 3. The molecule has 0 bridgehead atoms. The summed E-state index contributed by atoms with van der Waals surface area (Å²) in [6.45, 7) is 0.431. The molecule has 0 fully saturated rings. The maximum atomic E-state index is 11.2. The van der Waals surface area contributed by atoms with Crippen molar-refractivity contribution in [2.45, 2.75) is 6.54 Å². The lowest BCUT2D eigenvalue weighted by molar-refractivity contribution is 0.868. The molecule has 0 atom stereocenters. The number of hydrogen-bond acceptors (Lipinski definition) is 2. The van der Waals surface area contributed by atoms with Crippen LogP contribution in [0.25, 0.3) is 11.0 Å².